The minimum Gasteiger partial charge on any atom is -0.317 e. The van der Waals surface area contributed by atoms with Crippen molar-refractivity contribution >= 4 is 23.2 Å². The Morgan fingerprint density at radius 2 is 0.912 bits per heavy atom. The zero-order valence-corrected chi connectivity index (χ0v) is 19.4. The number of aryl methyl sites for hydroxylation is 2. The van der Waals surface area contributed by atoms with E-state index < -0.39 is 0 Å². The Balaban J connectivity index is 1.57. The third-order valence-electron chi connectivity index (χ3n) is 6.50. The molecule has 0 atom stereocenters. The number of rotatable bonds is 4. The van der Waals surface area contributed by atoms with Crippen LogP contribution in [0.5, 0.6) is 0 Å². The van der Waals surface area contributed by atoms with Crippen LogP contribution in [0.15, 0.2) is 109 Å². The van der Waals surface area contributed by atoms with Gasteiger partial charge in [-0.15, -0.1) is 0 Å². The van der Waals surface area contributed by atoms with E-state index in [0.29, 0.717) is 0 Å². The summed E-state index contributed by atoms with van der Waals surface area (Å²) in [7, 11) is 0. The molecule has 0 unspecified atom stereocenters. The fraction of sp³-hybridized carbons (Fsp3) is 0.0625. The average molecular weight is 439 g/mol. The molecule has 0 saturated heterocycles. The summed E-state index contributed by atoms with van der Waals surface area (Å²) in [4.78, 5) is 0. The van der Waals surface area contributed by atoms with E-state index in [9.17, 15) is 0 Å². The molecule has 34 heavy (non-hydrogen) atoms. The molecule has 0 bridgehead atoms. The first-order valence-electron chi connectivity index (χ1n) is 11.7. The lowest BCUT2D eigenvalue weighted by atomic mass is 10.0. The van der Waals surface area contributed by atoms with Gasteiger partial charge in [-0.2, -0.15) is 0 Å². The molecule has 0 amide bonds. The Morgan fingerprint density at radius 1 is 0.500 bits per heavy atom. The number of benzene rings is 2. The number of hydrogen-bond donors (Lipinski definition) is 0. The first-order chi connectivity index (χ1) is 16.7. The SMILES string of the molecule is Cc1ccn2c(/C=C/c3c(-c4ccccc4)cc4cc(C)ccn34)c(-c3ccccc3)cc2c1. The molecule has 0 aliphatic rings. The molecule has 2 nitrogen and oxygen atoms in total. The molecule has 2 aromatic carbocycles. The van der Waals surface area contributed by atoms with E-state index in [1.807, 2.05) is 0 Å². The predicted octanol–water partition coefficient (Wildman–Crippen LogP) is 8.31. The van der Waals surface area contributed by atoms with Crippen LogP contribution in [-0.2, 0) is 0 Å². The Labute approximate surface area is 200 Å². The summed E-state index contributed by atoms with van der Waals surface area (Å²) in [6.07, 6.45) is 8.88. The van der Waals surface area contributed by atoms with Crippen molar-refractivity contribution < 1.29 is 0 Å². The zero-order chi connectivity index (χ0) is 23.1. The Kier molecular flexibility index (Phi) is 4.92. The zero-order valence-electron chi connectivity index (χ0n) is 19.4. The lowest BCUT2D eigenvalue weighted by molar-refractivity contribution is 1.16. The Bertz CT molecular complexity index is 1520. The largest absolute Gasteiger partial charge is 0.317 e. The maximum atomic E-state index is 2.29. The third-order valence-corrected chi connectivity index (χ3v) is 6.50. The van der Waals surface area contributed by atoms with Crippen molar-refractivity contribution in [1.29, 1.82) is 0 Å². The first kappa shape index (κ1) is 20.3. The van der Waals surface area contributed by atoms with Gasteiger partial charge in [0.25, 0.3) is 0 Å². The molecule has 0 aliphatic heterocycles. The van der Waals surface area contributed by atoms with Gasteiger partial charge in [-0.3, -0.25) is 0 Å². The van der Waals surface area contributed by atoms with Crippen LogP contribution in [0.2, 0.25) is 0 Å². The molecule has 4 aromatic heterocycles. The van der Waals surface area contributed by atoms with Crippen molar-refractivity contribution in [3.8, 4) is 22.3 Å². The van der Waals surface area contributed by atoms with E-state index in [4.69, 9.17) is 0 Å². The van der Waals surface area contributed by atoms with Crippen LogP contribution in [0.1, 0.15) is 22.5 Å². The quantitative estimate of drug-likeness (QED) is 0.262. The highest BCUT2D eigenvalue weighted by Crippen LogP contribution is 2.33. The van der Waals surface area contributed by atoms with Crippen LogP contribution in [0.3, 0.4) is 0 Å². The van der Waals surface area contributed by atoms with Gasteiger partial charge in [-0.25, -0.2) is 0 Å². The summed E-state index contributed by atoms with van der Waals surface area (Å²) in [6.45, 7) is 4.29. The molecular weight excluding hydrogens is 412 g/mol. The monoisotopic (exact) mass is 438 g/mol. The first-order valence-corrected chi connectivity index (χ1v) is 11.7. The van der Waals surface area contributed by atoms with Gasteiger partial charge < -0.3 is 8.80 Å². The maximum absolute atomic E-state index is 2.29. The van der Waals surface area contributed by atoms with E-state index in [-0.39, 0.29) is 0 Å². The van der Waals surface area contributed by atoms with Gasteiger partial charge in [-0.05, 0) is 84.7 Å². The van der Waals surface area contributed by atoms with Crippen LogP contribution in [0.4, 0.5) is 0 Å². The molecule has 0 aliphatic carbocycles. The predicted molar refractivity (Wildman–Crippen MR) is 144 cm³/mol. The van der Waals surface area contributed by atoms with Crippen molar-refractivity contribution in [3.63, 3.8) is 0 Å². The molecule has 0 saturated carbocycles. The van der Waals surface area contributed by atoms with Gasteiger partial charge in [-0.1, -0.05) is 60.7 Å². The van der Waals surface area contributed by atoms with Crippen molar-refractivity contribution in [3.05, 3.63) is 132 Å². The van der Waals surface area contributed by atoms with Crippen LogP contribution < -0.4 is 0 Å². The molecule has 0 fully saturated rings. The lowest BCUT2D eigenvalue weighted by Crippen LogP contribution is -1.91. The smallest absolute Gasteiger partial charge is 0.0535 e. The standard InChI is InChI=1S/C32H26N2/c1-23-15-17-33-27(19-23)21-29(25-9-5-3-6-10-25)31(33)13-14-32-30(26-11-7-4-8-12-26)22-28-20-24(2)16-18-34(28)32/h3-22H,1-2H3/b14-13+. The van der Waals surface area contributed by atoms with E-state index in [1.54, 1.807) is 0 Å². The van der Waals surface area contributed by atoms with Crippen LogP contribution in [0.25, 0.3) is 45.4 Å². The molecule has 4 heterocycles. The molecule has 164 valence electrons. The van der Waals surface area contributed by atoms with Crippen LogP contribution in [-0.4, -0.2) is 8.80 Å². The average Bonchev–Trinajstić information content (AvgIpc) is 3.41. The molecule has 2 heteroatoms. The fourth-order valence-electron chi connectivity index (χ4n) is 4.82. The normalized spacial score (nSPS) is 11.7. The molecule has 6 aromatic rings. The molecule has 0 radical (unpaired) electrons. The van der Waals surface area contributed by atoms with Gasteiger partial charge in [0.1, 0.15) is 0 Å². The molecular formula is C32H26N2. The van der Waals surface area contributed by atoms with E-state index in [1.165, 1.54) is 55.8 Å². The van der Waals surface area contributed by atoms with Gasteiger partial charge in [0.05, 0.1) is 11.4 Å². The number of hydrogen-bond acceptors (Lipinski definition) is 0. The second-order valence-electron chi connectivity index (χ2n) is 8.95. The van der Waals surface area contributed by atoms with Crippen LogP contribution >= 0.6 is 0 Å². The van der Waals surface area contributed by atoms with Gasteiger partial charge >= 0.3 is 0 Å². The number of nitrogens with zero attached hydrogens (tertiary/aromatic N) is 2. The van der Waals surface area contributed by atoms with E-state index in [2.05, 4.69) is 144 Å². The summed E-state index contributed by atoms with van der Waals surface area (Å²) in [5.41, 5.74) is 12.2. The van der Waals surface area contributed by atoms with Crippen molar-refractivity contribution in [2.45, 2.75) is 13.8 Å². The van der Waals surface area contributed by atoms with Gasteiger partial charge in [0, 0.05) is 34.6 Å². The van der Waals surface area contributed by atoms with E-state index >= 15 is 0 Å². The van der Waals surface area contributed by atoms with Gasteiger partial charge in [0.2, 0.25) is 0 Å². The van der Waals surface area contributed by atoms with E-state index in [0.717, 1.165) is 0 Å². The minimum atomic E-state index is 1.18. The molecule has 6 rings (SSSR count). The topological polar surface area (TPSA) is 8.82 Å². The minimum absolute atomic E-state index is 1.18. The summed E-state index contributed by atoms with van der Waals surface area (Å²) in [6, 6.07) is 34.7. The highest BCUT2D eigenvalue weighted by Gasteiger charge is 2.13. The van der Waals surface area contributed by atoms with Crippen molar-refractivity contribution in [2.24, 2.45) is 0 Å². The highest BCUT2D eigenvalue weighted by atomic mass is 14.9. The summed E-state index contributed by atoms with van der Waals surface area (Å²) in [5, 5.41) is 0. The van der Waals surface area contributed by atoms with Crippen molar-refractivity contribution in [2.75, 3.05) is 0 Å². The number of aromatic nitrogens is 2. The summed E-state index contributed by atoms with van der Waals surface area (Å²) in [5.74, 6) is 0. The third kappa shape index (κ3) is 3.54. The Morgan fingerprint density at radius 3 is 1.32 bits per heavy atom. The number of pyridine rings is 2. The molecule has 0 N–H and O–H groups in total. The number of fused-ring (bicyclic) bond motifs is 2. The van der Waals surface area contributed by atoms with Crippen LogP contribution in [0, 0.1) is 13.8 Å². The molecule has 0 spiro atoms. The van der Waals surface area contributed by atoms with Gasteiger partial charge in [0.15, 0.2) is 0 Å². The second kappa shape index (κ2) is 8.24. The second-order valence-corrected chi connectivity index (χ2v) is 8.95. The Hall–Kier alpha value is -4.30. The maximum Gasteiger partial charge on any atom is 0.0535 e. The summed E-state index contributed by atoms with van der Waals surface area (Å²) >= 11 is 0. The lowest BCUT2D eigenvalue weighted by Gasteiger charge is -2.06. The van der Waals surface area contributed by atoms with Crippen molar-refractivity contribution in [1.82, 2.24) is 8.80 Å². The fourth-order valence-corrected chi connectivity index (χ4v) is 4.82. The summed E-state index contributed by atoms with van der Waals surface area (Å²) < 4.78 is 4.57. The highest BCUT2D eigenvalue weighted by molar-refractivity contribution is 5.88.